The summed E-state index contributed by atoms with van der Waals surface area (Å²) in [5.74, 6) is 0. The molecule has 1 heterocycles. The van der Waals surface area contributed by atoms with Crippen LogP contribution in [-0.4, -0.2) is 24.2 Å². The molecular formula is C16H26N2O. The molecule has 1 aliphatic carbocycles. The SMILES string of the molecule is CCCNC(CC1(OC)CCC1)c1ccc(C)nc1. The van der Waals surface area contributed by atoms with Crippen LogP contribution in [0.2, 0.25) is 0 Å². The fourth-order valence-electron chi connectivity index (χ4n) is 2.75. The van der Waals surface area contributed by atoms with Crippen molar-refractivity contribution in [3.8, 4) is 0 Å². The summed E-state index contributed by atoms with van der Waals surface area (Å²) in [5, 5.41) is 3.64. The molecule has 1 aromatic heterocycles. The summed E-state index contributed by atoms with van der Waals surface area (Å²) >= 11 is 0. The maximum Gasteiger partial charge on any atom is 0.0697 e. The number of nitrogens with one attached hydrogen (secondary N) is 1. The molecule has 0 aliphatic heterocycles. The molecule has 106 valence electrons. The van der Waals surface area contributed by atoms with E-state index in [9.17, 15) is 0 Å². The molecule has 0 radical (unpaired) electrons. The van der Waals surface area contributed by atoms with Crippen molar-refractivity contribution in [1.82, 2.24) is 10.3 Å². The zero-order chi connectivity index (χ0) is 13.7. The number of ether oxygens (including phenoxy) is 1. The average Bonchev–Trinajstić information content (AvgIpc) is 2.39. The van der Waals surface area contributed by atoms with Crippen LogP contribution in [-0.2, 0) is 4.74 Å². The third-order valence-corrected chi connectivity index (χ3v) is 4.25. The Hall–Kier alpha value is -0.930. The summed E-state index contributed by atoms with van der Waals surface area (Å²) < 4.78 is 5.77. The van der Waals surface area contributed by atoms with Crippen LogP contribution in [0.3, 0.4) is 0 Å². The number of pyridine rings is 1. The molecule has 0 spiro atoms. The largest absolute Gasteiger partial charge is 0.378 e. The molecule has 0 saturated heterocycles. The van der Waals surface area contributed by atoms with Gasteiger partial charge in [0.1, 0.15) is 0 Å². The minimum absolute atomic E-state index is 0.0935. The van der Waals surface area contributed by atoms with Crippen LogP contribution in [0.25, 0.3) is 0 Å². The number of nitrogens with zero attached hydrogens (tertiary/aromatic N) is 1. The van der Waals surface area contributed by atoms with E-state index in [1.807, 2.05) is 20.2 Å². The first-order chi connectivity index (χ1) is 9.19. The molecule has 3 heteroatoms. The average molecular weight is 262 g/mol. The molecule has 1 aliphatic rings. The molecule has 1 fully saturated rings. The van der Waals surface area contributed by atoms with Crippen molar-refractivity contribution in [2.45, 2.75) is 57.6 Å². The first kappa shape index (κ1) is 14.5. The molecule has 1 saturated carbocycles. The van der Waals surface area contributed by atoms with Crippen molar-refractivity contribution in [3.63, 3.8) is 0 Å². The van der Waals surface area contributed by atoms with Crippen LogP contribution < -0.4 is 5.32 Å². The number of hydrogen-bond acceptors (Lipinski definition) is 3. The van der Waals surface area contributed by atoms with Gasteiger partial charge in [0.15, 0.2) is 0 Å². The number of aromatic nitrogens is 1. The summed E-state index contributed by atoms with van der Waals surface area (Å²) in [7, 11) is 1.85. The van der Waals surface area contributed by atoms with Gasteiger partial charge in [0.2, 0.25) is 0 Å². The minimum atomic E-state index is 0.0935. The Kier molecular flexibility index (Phi) is 4.94. The van der Waals surface area contributed by atoms with Gasteiger partial charge in [-0.2, -0.15) is 0 Å². The normalized spacial score (nSPS) is 18.9. The van der Waals surface area contributed by atoms with Gasteiger partial charge in [-0.1, -0.05) is 13.0 Å². The molecule has 0 amide bonds. The second-order valence-electron chi connectivity index (χ2n) is 5.68. The second-order valence-corrected chi connectivity index (χ2v) is 5.68. The predicted molar refractivity (Wildman–Crippen MR) is 78.2 cm³/mol. The van der Waals surface area contributed by atoms with Gasteiger partial charge in [-0.25, -0.2) is 0 Å². The molecule has 19 heavy (non-hydrogen) atoms. The first-order valence-electron chi connectivity index (χ1n) is 7.40. The van der Waals surface area contributed by atoms with E-state index in [4.69, 9.17) is 4.74 Å². The van der Waals surface area contributed by atoms with Gasteiger partial charge >= 0.3 is 0 Å². The van der Waals surface area contributed by atoms with Crippen LogP contribution in [0, 0.1) is 6.92 Å². The maximum absolute atomic E-state index is 5.77. The van der Waals surface area contributed by atoms with Gasteiger partial charge in [0.05, 0.1) is 5.60 Å². The van der Waals surface area contributed by atoms with E-state index in [-0.39, 0.29) is 5.60 Å². The topological polar surface area (TPSA) is 34.1 Å². The lowest BCUT2D eigenvalue weighted by atomic mass is 9.75. The quantitative estimate of drug-likeness (QED) is 0.818. The van der Waals surface area contributed by atoms with Gasteiger partial charge in [-0.3, -0.25) is 4.98 Å². The fourth-order valence-corrected chi connectivity index (χ4v) is 2.75. The van der Waals surface area contributed by atoms with E-state index in [0.717, 1.165) is 25.1 Å². The third-order valence-electron chi connectivity index (χ3n) is 4.25. The standard InChI is InChI=1S/C16H26N2O/c1-4-10-17-15(11-16(19-3)8-5-9-16)14-7-6-13(2)18-12-14/h6-7,12,15,17H,4-5,8-11H2,1-3H3. The third kappa shape index (κ3) is 3.54. The van der Waals surface area contributed by atoms with E-state index in [1.54, 1.807) is 0 Å². The number of aryl methyl sites for hydroxylation is 1. The highest BCUT2D eigenvalue weighted by atomic mass is 16.5. The van der Waals surface area contributed by atoms with Gasteiger partial charge in [0, 0.05) is 25.0 Å². The Balaban J connectivity index is 2.08. The summed E-state index contributed by atoms with van der Waals surface area (Å²) in [6, 6.07) is 4.64. The van der Waals surface area contributed by atoms with Crippen molar-refractivity contribution in [2.24, 2.45) is 0 Å². The van der Waals surface area contributed by atoms with Crippen molar-refractivity contribution < 1.29 is 4.74 Å². The lowest BCUT2D eigenvalue weighted by molar-refractivity contribution is -0.0838. The molecule has 0 bridgehead atoms. The summed E-state index contributed by atoms with van der Waals surface area (Å²) in [5.41, 5.74) is 2.45. The van der Waals surface area contributed by atoms with Crippen molar-refractivity contribution in [1.29, 1.82) is 0 Å². The summed E-state index contributed by atoms with van der Waals surface area (Å²) in [6.07, 6.45) is 7.87. The predicted octanol–water partition coefficient (Wildman–Crippen LogP) is 3.39. The number of hydrogen-bond donors (Lipinski definition) is 1. The first-order valence-corrected chi connectivity index (χ1v) is 7.40. The second kappa shape index (κ2) is 6.49. The minimum Gasteiger partial charge on any atom is -0.378 e. The molecule has 3 nitrogen and oxygen atoms in total. The maximum atomic E-state index is 5.77. The van der Waals surface area contributed by atoms with Gasteiger partial charge in [0.25, 0.3) is 0 Å². The smallest absolute Gasteiger partial charge is 0.0697 e. The lowest BCUT2D eigenvalue weighted by Gasteiger charge is -2.43. The Morgan fingerprint density at radius 1 is 1.42 bits per heavy atom. The van der Waals surface area contributed by atoms with Crippen molar-refractivity contribution in [3.05, 3.63) is 29.6 Å². The van der Waals surface area contributed by atoms with Crippen LogP contribution in [0.5, 0.6) is 0 Å². The molecule has 0 aromatic carbocycles. The van der Waals surface area contributed by atoms with Crippen LogP contribution in [0.15, 0.2) is 18.3 Å². The Morgan fingerprint density at radius 3 is 2.68 bits per heavy atom. The highest BCUT2D eigenvalue weighted by Gasteiger charge is 2.39. The van der Waals surface area contributed by atoms with Gasteiger partial charge in [-0.15, -0.1) is 0 Å². The lowest BCUT2D eigenvalue weighted by Crippen LogP contribution is -2.43. The van der Waals surface area contributed by atoms with E-state index >= 15 is 0 Å². The fraction of sp³-hybridized carbons (Fsp3) is 0.688. The zero-order valence-electron chi connectivity index (χ0n) is 12.4. The van der Waals surface area contributed by atoms with Crippen molar-refractivity contribution in [2.75, 3.05) is 13.7 Å². The highest BCUT2D eigenvalue weighted by molar-refractivity contribution is 5.18. The van der Waals surface area contributed by atoms with E-state index < -0.39 is 0 Å². The van der Waals surface area contributed by atoms with Gasteiger partial charge < -0.3 is 10.1 Å². The Labute approximate surface area is 116 Å². The summed E-state index contributed by atoms with van der Waals surface area (Å²) in [6.45, 7) is 5.27. The van der Waals surface area contributed by atoms with Crippen LogP contribution in [0.4, 0.5) is 0 Å². The molecule has 1 N–H and O–H groups in total. The van der Waals surface area contributed by atoms with Gasteiger partial charge in [-0.05, 0) is 57.2 Å². The van der Waals surface area contributed by atoms with Crippen LogP contribution >= 0.6 is 0 Å². The highest BCUT2D eigenvalue weighted by Crippen LogP contribution is 2.41. The Morgan fingerprint density at radius 2 is 2.21 bits per heavy atom. The van der Waals surface area contributed by atoms with Crippen LogP contribution in [0.1, 0.15) is 56.3 Å². The molecule has 1 atom stereocenters. The molecule has 2 rings (SSSR count). The monoisotopic (exact) mass is 262 g/mol. The van der Waals surface area contributed by atoms with E-state index in [1.165, 1.54) is 24.8 Å². The summed E-state index contributed by atoms with van der Waals surface area (Å²) in [4.78, 5) is 4.43. The molecule has 1 aromatic rings. The molecular weight excluding hydrogens is 236 g/mol. The number of methoxy groups -OCH3 is 1. The molecule has 1 unspecified atom stereocenters. The van der Waals surface area contributed by atoms with E-state index in [2.05, 4.69) is 29.4 Å². The van der Waals surface area contributed by atoms with E-state index in [0.29, 0.717) is 6.04 Å². The number of rotatable bonds is 7. The Bertz CT molecular complexity index is 379. The van der Waals surface area contributed by atoms with Crippen molar-refractivity contribution >= 4 is 0 Å². The zero-order valence-corrected chi connectivity index (χ0v) is 12.4.